The van der Waals surface area contributed by atoms with Crippen LogP contribution in [0.25, 0.3) is 0 Å². The van der Waals surface area contributed by atoms with E-state index in [1.54, 1.807) is 27.1 Å². The number of rotatable bonds is 13. The summed E-state index contributed by atoms with van der Waals surface area (Å²) in [6.45, 7) is 6.82. The van der Waals surface area contributed by atoms with E-state index in [0.29, 0.717) is 44.2 Å². The molecule has 2 unspecified atom stereocenters. The molecule has 5 aromatic carbocycles. The number of imidazole rings is 2. The van der Waals surface area contributed by atoms with E-state index in [-0.39, 0.29) is 12.1 Å². The van der Waals surface area contributed by atoms with Crippen LogP contribution in [0.1, 0.15) is 57.9 Å². The van der Waals surface area contributed by atoms with Gasteiger partial charge < -0.3 is 19.8 Å². The van der Waals surface area contributed by atoms with E-state index < -0.39 is 20.0 Å². The van der Waals surface area contributed by atoms with Gasteiger partial charge in [0.1, 0.15) is 5.82 Å². The number of fused-ring (bicyclic) bond motifs is 2. The Bertz CT molecular complexity index is 2840. The van der Waals surface area contributed by atoms with E-state index in [4.69, 9.17) is 0 Å². The highest BCUT2D eigenvalue weighted by Gasteiger charge is 2.35. The first kappa shape index (κ1) is 45.5. The number of para-hydroxylation sites is 2. The summed E-state index contributed by atoms with van der Waals surface area (Å²) in [7, 11) is -6.97. The normalized spacial score (nSPS) is 17.0. The second-order valence-corrected chi connectivity index (χ2v) is 21.0. The monoisotopic (exact) mass is 910 g/mol. The molecule has 2 N–H and O–H groups in total. The van der Waals surface area contributed by atoms with E-state index in [9.17, 15) is 16.8 Å². The standard InChI is InChI=1S/C29H32N4O2S.C22H26N4O2S/c1-22-12-16-28(17-13-22)36(34,35)32-19-25-10-6-7-11-29(25)33(20-26-18-30-23(2)31-26)27(21-32)15-14-24-8-4-3-5-9-24;1-29(27,28)25-14-19-9-5-6-10-22(19)26(15-20-13-23-17-24-20)21(16-25)12-11-18-7-3-2-4-8-18/h3-13,16-18,27H,14-15,19-21H2,1-2H3,(H,30,31);2-10,13,17,21H,11-12,14-16H2,1H3,(H,23,24). The molecule has 65 heavy (non-hydrogen) atoms. The maximum absolute atomic E-state index is 13.8. The second kappa shape index (κ2) is 20.4. The number of benzene rings is 5. The number of aryl methyl sites for hydroxylation is 4. The van der Waals surface area contributed by atoms with Gasteiger partial charge in [0.2, 0.25) is 20.0 Å². The third-order valence-corrected chi connectivity index (χ3v) is 15.4. The van der Waals surface area contributed by atoms with Crippen LogP contribution in [0.4, 0.5) is 11.4 Å². The minimum absolute atomic E-state index is 0.0160. The average molecular weight is 911 g/mol. The molecule has 12 nitrogen and oxygen atoms in total. The van der Waals surface area contributed by atoms with Gasteiger partial charge in [-0.15, -0.1) is 0 Å². The third kappa shape index (κ3) is 11.4. The molecule has 338 valence electrons. The van der Waals surface area contributed by atoms with Crippen molar-refractivity contribution in [3.63, 3.8) is 0 Å². The Morgan fingerprint density at radius 2 is 1.11 bits per heavy atom. The molecular weight excluding hydrogens is 853 g/mol. The largest absolute Gasteiger partial charge is 0.361 e. The Kier molecular flexibility index (Phi) is 14.3. The number of H-pyrrole nitrogens is 2. The Morgan fingerprint density at radius 1 is 0.600 bits per heavy atom. The van der Waals surface area contributed by atoms with E-state index in [2.05, 4.69) is 78.3 Å². The van der Waals surface area contributed by atoms with Gasteiger partial charge in [-0.1, -0.05) is 115 Å². The molecule has 0 bridgehead atoms. The van der Waals surface area contributed by atoms with Crippen molar-refractivity contribution in [3.05, 3.63) is 197 Å². The number of hydrogen-bond acceptors (Lipinski definition) is 8. The topological polar surface area (TPSA) is 139 Å². The van der Waals surface area contributed by atoms with Crippen LogP contribution >= 0.6 is 0 Å². The molecule has 2 aliphatic heterocycles. The van der Waals surface area contributed by atoms with Gasteiger partial charge in [-0.05, 0) is 86.1 Å². The van der Waals surface area contributed by atoms with Crippen molar-refractivity contribution in [2.75, 3.05) is 29.1 Å². The maximum atomic E-state index is 13.8. The number of aromatic amines is 2. The fraction of sp³-hybridized carbons (Fsp3) is 0.294. The molecule has 4 heterocycles. The minimum Gasteiger partial charge on any atom is -0.361 e. The Balaban J connectivity index is 0.000000181. The number of aromatic nitrogens is 4. The fourth-order valence-corrected chi connectivity index (χ4v) is 11.2. The quantitative estimate of drug-likeness (QED) is 0.118. The number of nitrogens with zero attached hydrogens (tertiary/aromatic N) is 6. The summed E-state index contributed by atoms with van der Waals surface area (Å²) in [5.41, 5.74) is 9.77. The molecule has 14 heteroatoms. The zero-order chi connectivity index (χ0) is 45.4. The first-order valence-electron chi connectivity index (χ1n) is 22.2. The maximum Gasteiger partial charge on any atom is 0.243 e. The van der Waals surface area contributed by atoms with Gasteiger partial charge >= 0.3 is 0 Å². The predicted octanol–water partition coefficient (Wildman–Crippen LogP) is 8.43. The summed E-state index contributed by atoms with van der Waals surface area (Å²) in [5, 5.41) is 0. The Morgan fingerprint density at radius 3 is 1.62 bits per heavy atom. The van der Waals surface area contributed by atoms with Crippen LogP contribution in [-0.2, 0) is 59.1 Å². The van der Waals surface area contributed by atoms with Gasteiger partial charge in [0.05, 0.1) is 48.2 Å². The lowest BCUT2D eigenvalue weighted by Crippen LogP contribution is -2.43. The zero-order valence-electron chi connectivity index (χ0n) is 37.3. The number of hydrogen-bond donors (Lipinski definition) is 2. The zero-order valence-corrected chi connectivity index (χ0v) is 38.9. The van der Waals surface area contributed by atoms with Gasteiger partial charge in [-0.2, -0.15) is 8.61 Å². The van der Waals surface area contributed by atoms with Crippen LogP contribution in [0.3, 0.4) is 0 Å². The van der Waals surface area contributed by atoms with E-state index in [0.717, 1.165) is 71.0 Å². The molecule has 0 radical (unpaired) electrons. The van der Waals surface area contributed by atoms with Crippen LogP contribution in [-0.4, -0.2) is 76.8 Å². The van der Waals surface area contributed by atoms with Crippen LogP contribution < -0.4 is 9.80 Å². The van der Waals surface area contributed by atoms with Crippen LogP contribution in [0.15, 0.2) is 157 Å². The molecule has 2 aromatic heterocycles. The van der Waals surface area contributed by atoms with Crippen molar-refractivity contribution in [2.45, 2.75) is 82.7 Å². The van der Waals surface area contributed by atoms with Crippen molar-refractivity contribution in [2.24, 2.45) is 0 Å². The molecule has 0 aliphatic carbocycles. The summed E-state index contributed by atoms with van der Waals surface area (Å²) >= 11 is 0. The lowest BCUT2D eigenvalue weighted by molar-refractivity contribution is 0.370. The lowest BCUT2D eigenvalue weighted by atomic mass is 10.0. The summed E-state index contributed by atoms with van der Waals surface area (Å²) in [6, 6.07) is 44.2. The molecule has 2 aliphatic rings. The Labute approximate surface area is 384 Å². The van der Waals surface area contributed by atoms with Gasteiger partial charge in [0, 0.05) is 55.8 Å². The fourth-order valence-electron chi connectivity index (χ4n) is 8.88. The van der Waals surface area contributed by atoms with E-state index >= 15 is 0 Å². The number of anilines is 2. The average Bonchev–Trinajstić information content (AvgIpc) is 3.91. The lowest BCUT2D eigenvalue weighted by Gasteiger charge is -2.34. The van der Waals surface area contributed by atoms with Gasteiger partial charge in [-0.25, -0.2) is 26.8 Å². The summed E-state index contributed by atoms with van der Waals surface area (Å²) in [5.74, 6) is 0.873. The summed E-state index contributed by atoms with van der Waals surface area (Å²) < 4.78 is 55.9. The molecule has 7 aromatic rings. The number of sulfonamides is 2. The first-order chi connectivity index (χ1) is 31.4. The van der Waals surface area contributed by atoms with Crippen LogP contribution in [0, 0.1) is 13.8 Å². The first-order valence-corrected chi connectivity index (χ1v) is 25.5. The highest BCUT2D eigenvalue weighted by Crippen LogP contribution is 2.34. The van der Waals surface area contributed by atoms with Crippen LogP contribution in [0.2, 0.25) is 0 Å². The molecule has 2 atom stereocenters. The molecule has 0 amide bonds. The molecule has 0 saturated carbocycles. The predicted molar refractivity (Wildman–Crippen MR) is 258 cm³/mol. The van der Waals surface area contributed by atoms with Gasteiger partial charge in [0.25, 0.3) is 0 Å². The van der Waals surface area contributed by atoms with Crippen molar-refractivity contribution in [1.82, 2.24) is 28.5 Å². The summed E-state index contributed by atoms with van der Waals surface area (Å²) in [6.07, 6.45) is 10.1. The second-order valence-electron chi connectivity index (χ2n) is 17.1. The highest BCUT2D eigenvalue weighted by atomic mass is 32.2. The van der Waals surface area contributed by atoms with E-state index in [1.807, 2.05) is 99.0 Å². The van der Waals surface area contributed by atoms with Crippen molar-refractivity contribution in [3.8, 4) is 0 Å². The van der Waals surface area contributed by atoms with E-state index in [1.165, 1.54) is 17.4 Å². The number of nitrogens with one attached hydrogen (secondary N) is 2. The molecular formula is C51H58N8O4S2. The smallest absolute Gasteiger partial charge is 0.243 e. The third-order valence-electron chi connectivity index (χ3n) is 12.3. The van der Waals surface area contributed by atoms with Gasteiger partial charge in [-0.3, -0.25) is 0 Å². The van der Waals surface area contributed by atoms with Crippen molar-refractivity contribution < 1.29 is 16.8 Å². The molecule has 0 spiro atoms. The van der Waals surface area contributed by atoms with Crippen molar-refractivity contribution >= 4 is 31.4 Å². The van der Waals surface area contributed by atoms with Crippen molar-refractivity contribution in [1.29, 1.82) is 0 Å². The van der Waals surface area contributed by atoms with Crippen LogP contribution in [0.5, 0.6) is 0 Å². The van der Waals surface area contributed by atoms with Gasteiger partial charge in [0.15, 0.2) is 0 Å². The molecule has 9 rings (SSSR count). The molecule has 0 fully saturated rings. The summed E-state index contributed by atoms with van der Waals surface area (Å²) in [4.78, 5) is 20.1. The minimum atomic E-state index is -3.67. The highest BCUT2D eigenvalue weighted by molar-refractivity contribution is 7.89. The Hall–Kier alpha value is -6.06. The molecule has 0 saturated heterocycles. The SMILES string of the molecule is CS(=O)(=O)N1Cc2ccccc2N(Cc2cnc[nH]2)C(CCc2ccccc2)C1.Cc1ccc(S(=O)(=O)N2Cc3ccccc3N(Cc3cnc(C)[nH]3)C(CCc3ccccc3)C2)cc1.